The number of esters is 1. The van der Waals surface area contributed by atoms with Crippen LogP contribution in [0.25, 0.3) is 0 Å². The molecule has 0 aliphatic rings. The Bertz CT molecular complexity index is 486. The number of ether oxygens (including phenoxy) is 1. The molecule has 1 rings (SSSR count). The predicted molar refractivity (Wildman–Crippen MR) is 77.1 cm³/mol. The molecule has 0 heterocycles. The number of aliphatic hydroxyl groups is 1. The summed E-state index contributed by atoms with van der Waals surface area (Å²) in [6, 6.07) is 4.77. The van der Waals surface area contributed by atoms with Crippen LogP contribution < -0.4 is 0 Å². The van der Waals surface area contributed by atoms with E-state index in [1.807, 2.05) is 0 Å². The van der Waals surface area contributed by atoms with Crippen LogP contribution in [0.1, 0.15) is 40.9 Å². The number of aliphatic hydroxyl groups excluding tert-OH is 1. The number of halogens is 1. The minimum absolute atomic E-state index is 0.0542. The fourth-order valence-corrected chi connectivity index (χ4v) is 2.07. The van der Waals surface area contributed by atoms with Crippen molar-refractivity contribution in [2.45, 2.75) is 25.9 Å². The highest BCUT2D eigenvalue weighted by molar-refractivity contribution is 9.09. The number of carbonyl (C=O) groups is 2. The number of hydrogen-bond acceptors (Lipinski definition) is 4. The number of benzene rings is 1. The summed E-state index contributed by atoms with van der Waals surface area (Å²) in [5.41, 5.74) is 1.06. The summed E-state index contributed by atoms with van der Waals surface area (Å²) in [6.45, 7) is 1.85. The van der Waals surface area contributed by atoms with Crippen LogP contribution in [0.5, 0.6) is 0 Å². The molecule has 1 aromatic rings. The van der Waals surface area contributed by atoms with Crippen LogP contribution in [0, 0.1) is 0 Å². The van der Waals surface area contributed by atoms with E-state index in [0.717, 1.165) is 23.7 Å². The first kappa shape index (κ1) is 16.7. The number of carboxylic acid groups (broad SMARTS) is 1. The van der Waals surface area contributed by atoms with Gasteiger partial charge < -0.3 is 14.9 Å². The molecular formula is C14H17BrO5. The fourth-order valence-electron chi connectivity index (χ4n) is 1.79. The van der Waals surface area contributed by atoms with Gasteiger partial charge in [0.25, 0.3) is 0 Å². The van der Waals surface area contributed by atoms with Crippen molar-refractivity contribution in [1.82, 2.24) is 0 Å². The Morgan fingerprint density at radius 3 is 2.65 bits per heavy atom. The van der Waals surface area contributed by atoms with Gasteiger partial charge in [0, 0.05) is 10.9 Å². The molecule has 0 aliphatic heterocycles. The highest BCUT2D eigenvalue weighted by atomic mass is 79.9. The summed E-state index contributed by atoms with van der Waals surface area (Å²) in [4.78, 5) is 22.8. The van der Waals surface area contributed by atoms with Crippen molar-refractivity contribution < 1.29 is 24.5 Å². The van der Waals surface area contributed by atoms with Crippen LogP contribution in [-0.4, -0.2) is 34.1 Å². The molecule has 110 valence electrons. The van der Waals surface area contributed by atoms with Gasteiger partial charge in [-0.1, -0.05) is 28.1 Å². The van der Waals surface area contributed by atoms with E-state index < -0.39 is 18.0 Å². The molecule has 0 aromatic heterocycles. The highest BCUT2D eigenvalue weighted by Gasteiger charge is 2.23. The Kier molecular flexibility index (Phi) is 6.67. The molecule has 1 unspecified atom stereocenters. The number of hydrogen-bond donors (Lipinski definition) is 2. The maximum atomic E-state index is 11.9. The molecule has 20 heavy (non-hydrogen) atoms. The molecule has 0 amide bonds. The SMILES string of the molecule is CCOC(=O)c1cc(CCCBr)ccc1C(O)C(=O)O. The summed E-state index contributed by atoms with van der Waals surface area (Å²) in [5.74, 6) is -2.02. The van der Waals surface area contributed by atoms with Crippen LogP contribution >= 0.6 is 15.9 Å². The van der Waals surface area contributed by atoms with E-state index in [4.69, 9.17) is 9.84 Å². The molecule has 0 aliphatic carbocycles. The zero-order valence-corrected chi connectivity index (χ0v) is 12.7. The summed E-state index contributed by atoms with van der Waals surface area (Å²) < 4.78 is 4.91. The van der Waals surface area contributed by atoms with Crippen molar-refractivity contribution in [2.24, 2.45) is 0 Å². The quantitative estimate of drug-likeness (QED) is 0.585. The Hall–Kier alpha value is -1.40. The van der Waals surface area contributed by atoms with Crippen molar-refractivity contribution in [3.05, 3.63) is 34.9 Å². The van der Waals surface area contributed by atoms with Crippen LogP contribution in [-0.2, 0) is 16.0 Å². The average Bonchev–Trinajstić information content (AvgIpc) is 2.44. The summed E-state index contributed by atoms with van der Waals surface area (Å²) >= 11 is 3.33. The lowest BCUT2D eigenvalue weighted by Crippen LogP contribution is -2.17. The Morgan fingerprint density at radius 1 is 1.40 bits per heavy atom. The van der Waals surface area contributed by atoms with E-state index in [9.17, 15) is 14.7 Å². The molecule has 2 N–H and O–H groups in total. The van der Waals surface area contributed by atoms with E-state index in [1.165, 1.54) is 6.07 Å². The number of carbonyl (C=O) groups excluding carboxylic acids is 1. The van der Waals surface area contributed by atoms with E-state index in [-0.39, 0.29) is 17.7 Å². The van der Waals surface area contributed by atoms with Gasteiger partial charge in [0.15, 0.2) is 6.10 Å². The number of rotatable bonds is 7. The Labute approximate surface area is 125 Å². The normalized spacial score (nSPS) is 11.9. The van der Waals surface area contributed by atoms with Crippen molar-refractivity contribution in [3.63, 3.8) is 0 Å². The van der Waals surface area contributed by atoms with Gasteiger partial charge >= 0.3 is 11.9 Å². The largest absolute Gasteiger partial charge is 0.479 e. The summed E-state index contributed by atoms with van der Waals surface area (Å²) in [7, 11) is 0. The molecular weight excluding hydrogens is 328 g/mol. The first-order chi connectivity index (χ1) is 9.51. The van der Waals surface area contributed by atoms with Gasteiger partial charge in [0.05, 0.1) is 12.2 Å². The van der Waals surface area contributed by atoms with Gasteiger partial charge in [-0.25, -0.2) is 9.59 Å². The molecule has 0 saturated carbocycles. The lowest BCUT2D eigenvalue weighted by molar-refractivity contribution is -0.146. The second-order valence-corrected chi connectivity index (χ2v) is 4.97. The fraction of sp³-hybridized carbons (Fsp3) is 0.429. The monoisotopic (exact) mass is 344 g/mol. The number of carboxylic acids is 1. The second-order valence-electron chi connectivity index (χ2n) is 4.18. The molecule has 0 bridgehead atoms. The topological polar surface area (TPSA) is 83.8 Å². The second kappa shape index (κ2) is 8.01. The molecule has 0 fully saturated rings. The molecule has 0 spiro atoms. The van der Waals surface area contributed by atoms with Crippen LogP contribution in [0.15, 0.2) is 18.2 Å². The van der Waals surface area contributed by atoms with Gasteiger partial charge in [0.2, 0.25) is 0 Å². The smallest absolute Gasteiger partial charge is 0.338 e. The third-order valence-electron chi connectivity index (χ3n) is 2.74. The Balaban J connectivity index is 3.15. The minimum atomic E-state index is -1.74. The molecule has 0 saturated heterocycles. The van der Waals surface area contributed by atoms with Crippen molar-refractivity contribution in [1.29, 1.82) is 0 Å². The van der Waals surface area contributed by atoms with E-state index in [2.05, 4.69) is 15.9 Å². The Morgan fingerprint density at radius 2 is 2.10 bits per heavy atom. The molecule has 1 atom stereocenters. The van der Waals surface area contributed by atoms with E-state index in [1.54, 1.807) is 19.1 Å². The van der Waals surface area contributed by atoms with Crippen molar-refractivity contribution in [3.8, 4) is 0 Å². The van der Waals surface area contributed by atoms with Crippen LogP contribution in [0.2, 0.25) is 0 Å². The lowest BCUT2D eigenvalue weighted by Gasteiger charge is -2.13. The van der Waals surface area contributed by atoms with Gasteiger partial charge in [-0.05, 0) is 31.4 Å². The lowest BCUT2D eigenvalue weighted by atomic mass is 9.98. The molecule has 1 aromatic carbocycles. The zero-order chi connectivity index (χ0) is 15.1. The standard InChI is InChI=1S/C14H17BrO5/c1-2-20-14(19)11-8-9(4-3-7-15)5-6-10(11)12(16)13(17)18/h5-6,8,12,16H,2-4,7H2,1H3,(H,17,18). The number of alkyl halides is 1. The number of aryl methyl sites for hydroxylation is 1. The maximum absolute atomic E-state index is 11.9. The molecule has 5 nitrogen and oxygen atoms in total. The van der Waals surface area contributed by atoms with Gasteiger partial charge in [-0.3, -0.25) is 0 Å². The van der Waals surface area contributed by atoms with Gasteiger partial charge in [-0.2, -0.15) is 0 Å². The first-order valence-electron chi connectivity index (χ1n) is 6.28. The number of aliphatic carboxylic acids is 1. The average molecular weight is 345 g/mol. The summed E-state index contributed by atoms with van der Waals surface area (Å²) in [6.07, 6.45) is -0.0934. The minimum Gasteiger partial charge on any atom is -0.479 e. The highest BCUT2D eigenvalue weighted by Crippen LogP contribution is 2.22. The summed E-state index contributed by atoms with van der Waals surface area (Å²) in [5, 5.41) is 19.4. The van der Waals surface area contributed by atoms with Gasteiger partial charge in [-0.15, -0.1) is 0 Å². The third kappa shape index (κ3) is 4.31. The molecule has 0 radical (unpaired) electrons. The first-order valence-corrected chi connectivity index (χ1v) is 7.40. The van der Waals surface area contributed by atoms with E-state index in [0.29, 0.717) is 0 Å². The van der Waals surface area contributed by atoms with Crippen molar-refractivity contribution >= 4 is 27.9 Å². The van der Waals surface area contributed by atoms with Crippen LogP contribution in [0.3, 0.4) is 0 Å². The zero-order valence-electron chi connectivity index (χ0n) is 11.1. The van der Waals surface area contributed by atoms with Gasteiger partial charge in [0.1, 0.15) is 0 Å². The third-order valence-corrected chi connectivity index (χ3v) is 3.30. The molecule has 6 heteroatoms. The van der Waals surface area contributed by atoms with E-state index >= 15 is 0 Å². The maximum Gasteiger partial charge on any atom is 0.338 e. The van der Waals surface area contributed by atoms with Crippen molar-refractivity contribution in [2.75, 3.05) is 11.9 Å². The van der Waals surface area contributed by atoms with Crippen LogP contribution in [0.4, 0.5) is 0 Å². The predicted octanol–water partition coefficient (Wildman–Crippen LogP) is 2.31.